The van der Waals surface area contributed by atoms with Gasteiger partial charge in [0, 0.05) is 34.8 Å². The lowest BCUT2D eigenvalue weighted by molar-refractivity contribution is 0.111. The molecule has 0 radical (unpaired) electrons. The molecule has 22 heteroatoms. The van der Waals surface area contributed by atoms with Crippen LogP contribution in [0.25, 0.3) is 0 Å². The minimum Gasteiger partial charge on any atom is -0.493 e. The zero-order chi connectivity index (χ0) is 54.8. The maximum Gasteiger partial charge on any atom is 0.399 e. The first-order valence-electron chi connectivity index (χ1n) is 23.5. The number of hydrogen-bond donors (Lipinski definition) is 0. The molecule has 2 atom stereocenters. The summed E-state index contributed by atoms with van der Waals surface area (Å²) in [4.78, 5) is 47.3. The Morgan fingerprint density at radius 1 is 0.500 bits per heavy atom. The summed E-state index contributed by atoms with van der Waals surface area (Å²) in [6.45, 7) is 5.13. The molecule has 7 rings (SSSR count). The van der Waals surface area contributed by atoms with Crippen LogP contribution in [-0.4, -0.2) is 91.2 Å². The number of carbonyl (C=O) groups excluding carboxylic acids is 4. The summed E-state index contributed by atoms with van der Waals surface area (Å²) in [5.41, 5.74) is 1.45. The Bertz CT molecular complexity index is 3170. The van der Waals surface area contributed by atoms with Crippen molar-refractivity contribution < 1.29 is 73.1 Å². The van der Waals surface area contributed by atoms with Crippen molar-refractivity contribution in [3.63, 3.8) is 0 Å². The van der Waals surface area contributed by atoms with Gasteiger partial charge in [-0.05, 0) is 136 Å². The second kappa shape index (κ2) is 24.8. The Hall–Kier alpha value is -6.92. The van der Waals surface area contributed by atoms with Crippen molar-refractivity contribution in [2.24, 2.45) is 5.41 Å². The second-order valence-electron chi connectivity index (χ2n) is 17.9. The van der Waals surface area contributed by atoms with Crippen LogP contribution >= 0.6 is 17.1 Å². The number of hydrogen-bond acceptors (Lipinski definition) is 16. The van der Waals surface area contributed by atoms with E-state index in [0.717, 1.165) is 19.3 Å². The Labute approximate surface area is 444 Å². The molecular formula is C54H56N2O16P2S2. The van der Waals surface area contributed by atoms with Gasteiger partial charge in [-0.1, -0.05) is 48.7 Å². The molecule has 2 unspecified atom stereocenters. The van der Waals surface area contributed by atoms with Crippen molar-refractivity contribution in [2.75, 3.05) is 35.0 Å². The SMILES string of the molecule is COc1cc(C=O)ccc1OP(Oc1ccc(C=O)cc1OC)N(CC1(C)CCCC(N(P(Oc2ccc(C=O)cc2OC)Oc2ccc(C=O)cc2OC)S(=O)(=O)c2ccc(C)cc2)C1)S(=O)(=O)c1ccc(C)cc1. The topological polar surface area (TPSA) is 217 Å². The smallest absolute Gasteiger partial charge is 0.399 e. The molecule has 0 bridgehead atoms. The van der Waals surface area contributed by atoms with Crippen LogP contribution < -0.4 is 37.0 Å². The predicted molar refractivity (Wildman–Crippen MR) is 286 cm³/mol. The molecule has 1 fully saturated rings. The largest absolute Gasteiger partial charge is 0.493 e. The number of aryl methyl sites for hydroxylation is 2. The van der Waals surface area contributed by atoms with Crippen molar-refractivity contribution in [3.05, 3.63) is 155 Å². The van der Waals surface area contributed by atoms with Crippen LogP contribution in [0.1, 0.15) is 85.2 Å². The van der Waals surface area contributed by atoms with E-state index >= 15 is 16.8 Å². The third kappa shape index (κ3) is 13.0. The van der Waals surface area contributed by atoms with Gasteiger partial charge in [-0.2, -0.15) is 0 Å². The molecular weight excluding hydrogens is 1060 g/mol. The molecule has 0 heterocycles. The van der Waals surface area contributed by atoms with Crippen LogP contribution in [0.3, 0.4) is 0 Å². The average Bonchev–Trinajstić information content (AvgIpc) is 3.44. The molecule has 1 saturated carbocycles. The second-order valence-corrected chi connectivity index (χ2v) is 24.7. The molecule has 0 N–H and O–H groups in total. The maximum absolute atomic E-state index is 15.6. The van der Waals surface area contributed by atoms with Gasteiger partial charge in [-0.3, -0.25) is 19.2 Å². The third-order valence-corrected chi connectivity index (χ3v) is 20.2. The fourth-order valence-electron chi connectivity index (χ4n) is 8.37. The van der Waals surface area contributed by atoms with Crippen molar-refractivity contribution in [2.45, 2.75) is 62.3 Å². The highest BCUT2D eigenvalue weighted by atomic mass is 32.2. The molecule has 6 aromatic rings. The van der Waals surface area contributed by atoms with Crippen LogP contribution in [-0.2, 0) is 20.0 Å². The number of benzene rings is 6. The molecule has 1 aliphatic rings. The normalized spacial score (nSPS) is 15.7. The summed E-state index contributed by atoms with van der Waals surface area (Å²) in [6, 6.07) is 28.8. The average molecular weight is 1120 g/mol. The summed E-state index contributed by atoms with van der Waals surface area (Å²) in [7, 11) is -9.55. The van der Waals surface area contributed by atoms with Gasteiger partial charge in [0.05, 0.1) is 38.2 Å². The molecule has 18 nitrogen and oxygen atoms in total. The summed E-state index contributed by atoms with van der Waals surface area (Å²) >= 11 is 0. The fraction of sp³-hybridized carbons (Fsp3) is 0.259. The summed E-state index contributed by atoms with van der Waals surface area (Å²) in [5, 5.41) is 0. The van der Waals surface area contributed by atoms with Crippen molar-refractivity contribution in [1.29, 1.82) is 0 Å². The minimum atomic E-state index is -4.64. The maximum atomic E-state index is 15.6. The third-order valence-electron chi connectivity index (χ3n) is 12.4. The molecule has 400 valence electrons. The number of ether oxygens (including phenoxy) is 4. The predicted octanol–water partition coefficient (Wildman–Crippen LogP) is 11.0. The van der Waals surface area contributed by atoms with Crippen LogP contribution in [0.2, 0.25) is 0 Å². The molecule has 1 aliphatic carbocycles. The number of aldehydes is 4. The minimum absolute atomic E-state index is 0.0100. The quantitative estimate of drug-likeness (QED) is 0.0385. The van der Waals surface area contributed by atoms with E-state index < -0.39 is 48.6 Å². The van der Waals surface area contributed by atoms with E-state index in [1.807, 2.05) is 20.8 Å². The number of sulfonamides is 2. The van der Waals surface area contributed by atoms with Gasteiger partial charge >= 0.3 is 17.1 Å². The Morgan fingerprint density at radius 2 is 0.842 bits per heavy atom. The highest BCUT2D eigenvalue weighted by Crippen LogP contribution is 2.57. The first-order chi connectivity index (χ1) is 36.4. The number of methoxy groups -OCH3 is 4. The zero-order valence-electron chi connectivity index (χ0n) is 42.6. The lowest BCUT2D eigenvalue weighted by Gasteiger charge is -2.45. The highest BCUT2D eigenvalue weighted by Gasteiger charge is 2.50. The highest BCUT2D eigenvalue weighted by molar-refractivity contribution is 7.94. The molecule has 6 aromatic carbocycles. The lowest BCUT2D eigenvalue weighted by atomic mass is 9.74. The number of rotatable bonds is 25. The van der Waals surface area contributed by atoms with E-state index in [-0.39, 0.29) is 97.4 Å². The van der Waals surface area contributed by atoms with Crippen molar-refractivity contribution in [3.8, 4) is 46.0 Å². The fourth-order valence-corrected chi connectivity index (χ4v) is 15.8. The Balaban J connectivity index is 1.41. The summed E-state index contributed by atoms with van der Waals surface area (Å²) < 4.78 is 114. The molecule has 0 amide bonds. The number of carbonyl (C=O) groups is 4. The molecule has 0 saturated heterocycles. The van der Waals surface area contributed by atoms with Crippen molar-refractivity contribution >= 4 is 62.2 Å². The first-order valence-corrected chi connectivity index (χ1v) is 28.6. The van der Waals surface area contributed by atoms with Gasteiger partial charge in [0.25, 0.3) is 20.0 Å². The van der Waals surface area contributed by atoms with Crippen LogP contribution in [0, 0.1) is 19.3 Å². The van der Waals surface area contributed by atoms with E-state index in [2.05, 4.69) is 0 Å². The Morgan fingerprint density at radius 3 is 1.18 bits per heavy atom. The zero-order valence-corrected chi connectivity index (χ0v) is 46.0. The molecule has 0 aliphatic heterocycles. The van der Waals surface area contributed by atoms with E-state index in [4.69, 9.17) is 37.0 Å². The number of nitrogens with zero attached hydrogens (tertiary/aromatic N) is 2. The van der Waals surface area contributed by atoms with Gasteiger partial charge in [0.2, 0.25) is 0 Å². The molecule has 0 spiro atoms. The lowest BCUT2D eigenvalue weighted by Crippen LogP contribution is -2.47. The van der Waals surface area contributed by atoms with Gasteiger partial charge in [-0.25, -0.2) is 16.8 Å². The van der Waals surface area contributed by atoms with E-state index in [9.17, 15) is 19.2 Å². The van der Waals surface area contributed by atoms with Gasteiger partial charge in [0.1, 0.15) is 25.1 Å². The van der Waals surface area contributed by atoms with Crippen molar-refractivity contribution in [1.82, 2.24) is 8.15 Å². The van der Waals surface area contributed by atoms with Crippen LogP contribution in [0.15, 0.2) is 131 Å². The Kier molecular flexibility index (Phi) is 18.6. The standard InChI is InChI=1S/C54H56N2O16P2S2/c1-37-10-18-44(19-11-37)75(61,62)55(73(69-46-22-14-39(32-57)27-50(46)65-4)70-47-23-15-40(33-58)28-51(47)66-5)36-54(3)26-8-9-43(31-54)56(76(63,64)45-20-12-38(2)13-21-45)74(71-48-24-16-41(34-59)29-52(48)67-6)72-49-25-17-42(35-60)30-53(49)68-7/h10-25,27-30,32-35,43H,8-9,26,31,36H2,1-7H3. The molecule has 0 aromatic heterocycles. The van der Waals surface area contributed by atoms with E-state index in [0.29, 0.717) is 38.0 Å². The van der Waals surface area contributed by atoms with Crippen LogP contribution in [0.5, 0.6) is 46.0 Å². The summed E-state index contributed by atoms with van der Waals surface area (Å²) in [5.74, 6) is 0.420. The summed E-state index contributed by atoms with van der Waals surface area (Å²) in [6.07, 6.45) is 3.41. The monoisotopic (exact) mass is 1110 g/mol. The van der Waals surface area contributed by atoms with Gasteiger partial charge in [0.15, 0.2) is 46.0 Å². The van der Waals surface area contributed by atoms with Gasteiger partial charge < -0.3 is 37.0 Å². The van der Waals surface area contributed by atoms with E-state index in [1.165, 1.54) is 126 Å². The van der Waals surface area contributed by atoms with Crippen LogP contribution in [0.4, 0.5) is 0 Å². The molecule has 76 heavy (non-hydrogen) atoms. The first kappa shape index (κ1) is 56.8. The van der Waals surface area contributed by atoms with E-state index in [1.54, 1.807) is 24.3 Å². The van der Waals surface area contributed by atoms with Gasteiger partial charge in [-0.15, -0.1) is 8.15 Å².